The van der Waals surface area contributed by atoms with Crippen molar-refractivity contribution < 1.29 is 10.2 Å². The Hall–Kier alpha value is -1.03. The Labute approximate surface area is 53.5 Å². The van der Waals surface area contributed by atoms with E-state index in [4.69, 9.17) is 21.9 Å². The van der Waals surface area contributed by atoms with Gasteiger partial charge in [0, 0.05) is 6.42 Å². The zero-order valence-corrected chi connectivity index (χ0v) is 4.78. The van der Waals surface area contributed by atoms with Crippen LogP contribution in [0.3, 0.4) is 0 Å². The van der Waals surface area contributed by atoms with E-state index in [0.29, 0.717) is 0 Å². The molecule has 3 nitrogen and oxygen atoms in total. The molecule has 0 spiro atoms. The summed E-state index contributed by atoms with van der Waals surface area (Å²) >= 11 is 0. The Kier molecular flexibility index (Phi) is 3.46. The van der Waals surface area contributed by atoms with Gasteiger partial charge in [-0.3, -0.25) is 0 Å². The Morgan fingerprint density at radius 2 is 2.00 bits per heavy atom. The van der Waals surface area contributed by atoms with Crippen molar-refractivity contribution in [3.8, 4) is 18.4 Å². The Bertz CT molecular complexity index is 135. The van der Waals surface area contributed by atoms with Crippen LogP contribution < -0.4 is 0 Å². The van der Waals surface area contributed by atoms with Crippen LogP contribution in [0.15, 0.2) is 0 Å². The molecule has 0 radical (unpaired) electrons. The van der Waals surface area contributed by atoms with Gasteiger partial charge < -0.3 is 10.2 Å². The van der Waals surface area contributed by atoms with Gasteiger partial charge in [0.25, 0.3) is 0 Å². The molecule has 3 heteroatoms. The maximum Gasteiger partial charge on any atom is 0.143 e. The minimum Gasteiger partial charge on any atom is -0.380 e. The molecule has 0 aromatic carbocycles. The number of aliphatic hydroxyl groups is 2. The molecule has 0 heterocycles. The molecule has 9 heavy (non-hydrogen) atoms. The molecule has 0 fully saturated rings. The van der Waals surface area contributed by atoms with Crippen molar-refractivity contribution >= 4 is 0 Å². The van der Waals surface area contributed by atoms with Gasteiger partial charge in [-0.1, -0.05) is 5.92 Å². The standard InChI is InChI=1S/C6H7NO2/c1-2-5(8)3-6(9)4-7/h1,5-6,8-9H,3H2. The van der Waals surface area contributed by atoms with Crippen LogP contribution in [0.4, 0.5) is 0 Å². The molecule has 0 aromatic rings. The second-order valence-electron chi connectivity index (χ2n) is 1.56. The van der Waals surface area contributed by atoms with Gasteiger partial charge in [-0.15, -0.1) is 6.42 Å². The van der Waals surface area contributed by atoms with Gasteiger partial charge in [0.05, 0.1) is 6.07 Å². The van der Waals surface area contributed by atoms with Crippen molar-refractivity contribution in [1.29, 1.82) is 5.26 Å². The molecule has 0 amide bonds. The number of terminal acetylenes is 1. The molecule has 2 unspecified atom stereocenters. The summed E-state index contributed by atoms with van der Waals surface area (Å²) in [6, 6.07) is 1.53. The van der Waals surface area contributed by atoms with E-state index in [1.165, 1.54) is 6.07 Å². The lowest BCUT2D eigenvalue weighted by Crippen LogP contribution is -2.13. The summed E-state index contributed by atoms with van der Waals surface area (Å²) < 4.78 is 0. The first-order valence-corrected chi connectivity index (χ1v) is 2.42. The highest BCUT2D eigenvalue weighted by Gasteiger charge is 2.06. The fourth-order valence-electron chi connectivity index (χ4n) is 0.332. The Morgan fingerprint density at radius 3 is 2.33 bits per heavy atom. The topological polar surface area (TPSA) is 64.2 Å². The van der Waals surface area contributed by atoms with E-state index >= 15 is 0 Å². The molecule has 0 bridgehead atoms. The van der Waals surface area contributed by atoms with Crippen molar-refractivity contribution in [2.75, 3.05) is 0 Å². The smallest absolute Gasteiger partial charge is 0.143 e. The van der Waals surface area contributed by atoms with Crippen LogP contribution in [-0.2, 0) is 0 Å². The zero-order valence-electron chi connectivity index (χ0n) is 4.78. The normalized spacial score (nSPS) is 15.1. The fourth-order valence-corrected chi connectivity index (χ4v) is 0.332. The third-order valence-electron chi connectivity index (χ3n) is 0.788. The lowest BCUT2D eigenvalue weighted by Gasteiger charge is -2.01. The van der Waals surface area contributed by atoms with Crippen molar-refractivity contribution in [2.24, 2.45) is 0 Å². The minimum atomic E-state index is -1.16. The van der Waals surface area contributed by atoms with Crippen LogP contribution in [0.2, 0.25) is 0 Å². The van der Waals surface area contributed by atoms with E-state index < -0.39 is 12.2 Å². The number of rotatable bonds is 2. The molecule has 0 saturated carbocycles. The van der Waals surface area contributed by atoms with Gasteiger partial charge in [-0.05, 0) is 0 Å². The molecule has 0 aliphatic heterocycles. The Morgan fingerprint density at radius 1 is 1.44 bits per heavy atom. The van der Waals surface area contributed by atoms with Gasteiger partial charge in [0.2, 0.25) is 0 Å². The van der Waals surface area contributed by atoms with Gasteiger partial charge in [0.1, 0.15) is 12.2 Å². The number of hydrogen-bond acceptors (Lipinski definition) is 3. The molecule has 48 valence electrons. The summed E-state index contributed by atoms with van der Waals surface area (Å²) in [6.45, 7) is 0. The van der Waals surface area contributed by atoms with Crippen LogP contribution in [0.25, 0.3) is 0 Å². The van der Waals surface area contributed by atoms with Crippen molar-refractivity contribution in [1.82, 2.24) is 0 Å². The van der Waals surface area contributed by atoms with Gasteiger partial charge in [-0.2, -0.15) is 5.26 Å². The number of hydrogen-bond donors (Lipinski definition) is 2. The lowest BCUT2D eigenvalue weighted by molar-refractivity contribution is 0.142. The summed E-state index contributed by atoms with van der Waals surface area (Å²) in [5.74, 6) is 1.97. The lowest BCUT2D eigenvalue weighted by atomic mass is 10.2. The van der Waals surface area contributed by atoms with E-state index in [2.05, 4.69) is 0 Å². The quantitative estimate of drug-likeness (QED) is 0.377. The molecule has 2 atom stereocenters. The van der Waals surface area contributed by atoms with Crippen molar-refractivity contribution in [2.45, 2.75) is 18.6 Å². The summed E-state index contributed by atoms with van der Waals surface area (Å²) in [7, 11) is 0. The van der Waals surface area contributed by atoms with Crippen molar-refractivity contribution in [3.63, 3.8) is 0 Å². The maximum atomic E-state index is 8.61. The van der Waals surface area contributed by atoms with Gasteiger partial charge in [0.15, 0.2) is 0 Å². The predicted molar refractivity (Wildman–Crippen MR) is 31.1 cm³/mol. The average Bonchev–Trinajstić information content (AvgIpc) is 1.87. The maximum absolute atomic E-state index is 8.61. The molecule has 0 aliphatic rings. The second kappa shape index (κ2) is 3.91. The van der Waals surface area contributed by atoms with E-state index in [-0.39, 0.29) is 6.42 Å². The summed E-state index contributed by atoms with van der Waals surface area (Å²) in [4.78, 5) is 0. The molecule has 0 rings (SSSR count). The van der Waals surface area contributed by atoms with E-state index in [1.807, 2.05) is 5.92 Å². The highest BCUT2D eigenvalue weighted by Crippen LogP contribution is 1.94. The van der Waals surface area contributed by atoms with Crippen LogP contribution in [0, 0.1) is 23.7 Å². The van der Waals surface area contributed by atoms with Crippen LogP contribution in [-0.4, -0.2) is 22.4 Å². The van der Waals surface area contributed by atoms with Gasteiger partial charge >= 0.3 is 0 Å². The molecule has 2 N–H and O–H groups in total. The number of nitriles is 1. The first kappa shape index (κ1) is 7.97. The van der Waals surface area contributed by atoms with Crippen molar-refractivity contribution in [3.05, 3.63) is 0 Å². The first-order chi connectivity index (χ1) is 4.20. The molecular weight excluding hydrogens is 118 g/mol. The van der Waals surface area contributed by atoms with E-state index in [1.54, 1.807) is 0 Å². The summed E-state index contributed by atoms with van der Waals surface area (Å²) in [6.07, 6.45) is 2.51. The molecule has 0 aliphatic carbocycles. The SMILES string of the molecule is C#CC(O)CC(O)C#N. The fraction of sp³-hybridized carbons (Fsp3) is 0.500. The number of nitrogens with zero attached hydrogens (tertiary/aromatic N) is 1. The molecular formula is C6H7NO2. The monoisotopic (exact) mass is 125 g/mol. The van der Waals surface area contributed by atoms with Crippen LogP contribution in [0.1, 0.15) is 6.42 Å². The van der Waals surface area contributed by atoms with E-state index in [9.17, 15) is 0 Å². The van der Waals surface area contributed by atoms with Gasteiger partial charge in [-0.25, -0.2) is 0 Å². The van der Waals surface area contributed by atoms with Crippen LogP contribution >= 0.6 is 0 Å². The third-order valence-corrected chi connectivity index (χ3v) is 0.788. The predicted octanol–water partition coefficient (Wildman–Crippen LogP) is -0.745. The molecule has 0 aromatic heterocycles. The highest BCUT2D eigenvalue weighted by molar-refractivity contribution is 4.97. The first-order valence-electron chi connectivity index (χ1n) is 2.42. The molecule has 0 saturated heterocycles. The third kappa shape index (κ3) is 3.54. The Balaban J connectivity index is 3.53. The number of aliphatic hydroxyl groups excluding tert-OH is 2. The minimum absolute atomic E-state index is 0.0764. The van der Waals surface area contributed by atoms with Crippen LogP contribution in [0.5, 0.6) is 0 Å². The second-order valence-corrected chi connectivity index (χ2v) is 1.56. The zero-order chi connectivity index (χ0) is 7.28. The highest BCUT2D eigenvalue weighted by atomic mass is 16.3. The largest absolute Gasteiger partial charge is 0.380 e. The summed E-state index contributed by atoms with van der Waals surface area (Å²) in [5.41, 5.74) is 0. The summed E-state index contributed by atoms with van der Waals surface area (Å²) in [5, 5.41) is 25.2. The average molecular weight is 125 g/mol. The van der Waals surface area contributed by atoms with E-state index in [0.717, 1.165) is 0 Å².